The molecule has 4 atom stereocenters. The van der Waals surface area contributed by atoms with Crippen LogP contribution in [-0.4, -0.2) is 53.1 Å². The lowest BCUT2D eigenvalue weighted by Crippen LogP contribution is -2.58. The Labute approximate surface area is 225 Å². The summed E-state index contributed by atoms with van der Waals surface area (Å²) in [5.74, 6) is -5.59. The molecule has 0 radical (unpaired) electrons. The smallest absolute Gasteiger partial charge is 0.236 e. The first kappa shape index (κ1) is 28.7. The second-order valence-electron chi connectivity index (χ2n) is 9.88. The number of primary amides is 1. The van der Waals surface area contributed by atoms with Gasteiger partial charge in [-0.1, -0.05) is 25.4 Å². The van der Waals surface area contributed by atoms with E-state index in [2.05, 4.69) is 0 Å². The van der Waals surface area contributed by atoms with E-state index in [9.17, 15) is 26.0 Å². The fourth-order valence-corrected chi connectivity index (χ4v) is 10.1. The number of carbonyl (C=O) groups excluding carboxylic acids is 1. The predicted molar refractivity (Wildman–Crippen MR) is 136 cm³/mol. The lowest BCUT2D eigenvalue weighted by atomic mass is 9.75. The molecule has 2 aromatic rings. The van der Waals surface area contributed by atoms with Crippen molar-refractivity contribution in [2.24, 2.45) is 17.6 Å². The Morgan fingerprint density at radius 2 is 1.74 bits per heavy atom. The van der Waals surface area contributed by atoms with Gasteiger partial charge in [0.2, 0.25) is 5.91 Å². The van der Waals surface area contributed by atoms with E-state index in [-0.39, 0.29) is 36.0 Å². The quantitative estimate of drug-likeness (QED) is 0.498. The van der Waals surface area contributed by atoms with Crippen molar-refractivity contribution in [3.05, 3.63) is 58.6 Å². The molecule has 0 aliphatic carbocycles. The first-order chi connectivity index (χ1) is 17.7. The zero-order valence-electron chi connectivity index (χ0n) is 20.7. The lowest BCUT2D eigenvalue weighted by Gasteiger charge is -2.50. The van der Waals surface area contributed by atoms with Crippen molar-refractivity contribution in [2.45, 2.75) is 47.7 Å². The summed E-state index contributed by atoms with van der Waals surface area (Å²) >= 11 is 5.95. The molecule has 0 aromatic heterocycles. The second-order valence-corrected chi connectivity index (χ2v) is 14.8. The number of sulfone groups is 2. The molecule has 1 unspecified atom stereocenters. The number of benzene rings is 2. The van der Waals surface area contributed by atoms with Crippen LogP contribution in [0.25, 0.3) is 0 Å². The molecule has 2 heterocycles. The highest BCUT2D eigenvalue weighted by Gasteiger charge is 2.61. The summed E-state index contributed by atoms with van der Waals surface area (Å²) < 4.78 is 94.2. The molecule has 8 nitrogen and oxygen atoms in total. The van der Waals surface area contributed by atoms with E-state index in [0.717, 1.165) is 12.1 Å². The number of fused-ring (bicyclic) bond motifs is 3. The Bertz CT molecular complexity index is 1450. The minimum Gasteiger partial charge on any atom is -0.490 e. The number of rotatable bonds is 8. The maximum absolute atomic E-state index is 15.4. The van der Waals surface area contributed by atoms with Crippen LogP contribution in [0.5, 0.6) is 5.75 Å². The SMILES string of the molecule is CC(C)C(C(N)=O)S(=O)(=O)CC[C@@H]1OCC[C@@]2(S(=O)(=O)c3ccc(Cl)cc3)c3c(F)ccc(F)c3OC[C@@H]12. The van der Waals surface area contributed by atoms with Gasteiger partial charge in [0, 0.05) is 17.5 Å². The largest absolute Gasteiger partial charge is 0.490 e. The molecular weight excluding hydrogens is 564 g/mol. The zero-order chi connectivity index (χ0) is 28.0. The highest BCUT2D eigenvalue weighted by Crippen LogP contribution is 2.56. The monoisotopic (exact) mass is 591 g/mol. The van der Waals surface area contributed by atoms with E-state index < -0.39 is 82.2 Å². The third-order valence-corrected chi connectivity index (χ3v) is 12.5. The van der Waals surface area contributed by atoms with E-state index in [1.54, 1.807) is 13.8 Å². The molecule has 2 aromatic carbocycles. The number of ether oxygens (including phenoxy) is 2. The molecule has 2 N–H and O–H groups in total. The Morgan fingerprint density at radius 1 is 1.11 bits per heavy atom. The van der Waals surface area contributed by atoms with Crippen molar-refractivity contribution in [3.8, 4) is 5.75 Å². The summed E-state index contributed by atoms with van der Waals surface area (Å²) in [6, 6.07) is 7.02. The Hall–Kier alpha value is -2.28. The number of hydrogen-bond acceptors (Lipinski definition) is 7. The number of amides is 1. The number of hydrogen-bond donors (Lipinski definition) is 1. The normalized spacial score (nSPS) is 24.3. The molecule has 38 heavy (non-hydrogen) atoms. The third-order valence-electron chi connectivity index (χ3n) is 7.31. The van der Waals surface area contributed by atoms with Crippen LogP contribution in [0.2, 0.25) is 5.02 Å². The second kappa shape index (κ2) is 10.4. The maximum atomic E-state index is 15.4. The molecule has 2 aliphatic heterocycles. The molecule has 1 fully saturated rings. The molecule has 13 heteroatoms. The van der Waals surface area contributed by atoms with Crippen LogP contribution in [0.3, 0.4) is 0 Å². The zero-order valence-corrected chi connectivity index (χ0v) is 23.1. The van der Waals surface area contributed by atoms with Crippen molar-refractivity contribution < 1.29 is 39.9 Å². The molecule has 4 rings (SSSR count). The minimum absolute atomic E-state index is 0.162. The van der Waals surface area contributed by atoms with E-state index >= 15 is 4.39 Å². The topological polar surface area (TPSA) is 130 Å². The van der Waals surface area contributed by atoms with Crippen LogP contribution < -0.4 is 10.5 Å². The standard InChI is InChI=1S/C25H28ClF2NO7S2/c1-14(2)23(24(29)30)37(31,32)12-9-20-17-13-36-22-19(28)8-7-18(27)21(22)25(17,10-11-35-20)38(33,34)16-5-3-15(26)4-6-16/h3-8,14,17,20,23H,9-13H2,1-2H3,(H2,29,30)/t17-,20-,23?,25-/m0/s1. The summed E-state index contributed by atoms with van der Waals surface area (Å²) in [5, 5.41) is -1.16. The van der Waals surface area contributed by atoms with Gasteiger partial charge in [0.1, 0.15) is 15.8 Å². The number of halogens is 3. The highest BCUT2D eigenvalue weighted by molar-refractivity contribution is 7.93. The van der Waals surface area contributed by atoms with Gasteiger partial charge in [-0.15, -0.1) is 0 Å². The van der Waals surface area contributed by atoms with Gasteiger partial charge in [-0.05, 0) is 55.2 Å². The van der Waals surface area contributed by atoms with E-state index in [0.29, 0.717) is 0 Å². The summed E-state index contributed by atoms with van der Waals surface area (Å²) in [6.45, 7) is 2.56. The van der Waals surface area contributed by atoms with Crippen LogP contribution >= 0.6 is 11.6 Å². The Kier molecular flexibility index (Phi) is 7.83. The molecule has 0 bridgehead atoms. The van der Waals surface area contributed by atoms with Crippen LogP contribution in [0, 0.1) is 23.5 Å². The molecule has 1 saturated heterocycles. The highest BCUT2D eigenvalue weighted by atomic mass is 35.5. The molecule has 1 amide bonds. The first-order valence-corrected chi connectivity index (χ1v) is 15.6. The van der Waals surface area contributed by atoms with Gasteiger partial charge in [0.15, 0.2) is 31.2 Å². The third kappa shape index (κ3) is 4.69. The molecular formula is C25H28ClF2NO7S2. The predicted octanol–water partition coefficient (Wildman–Crippen LogP) is 3.40. The number of nitrogens with two attached hydrogens (primary N) is 1. The first-order valence-electron chi connectivity index (χ1n) is 12.0. The van der Waals surface area contributed by atoms with Crippen molar-refractivity contribution in [3.63, 3.8) is 0 Å². The van der Waals surface area contributed by atoms with Crippen LogP contribution in [0.15, 0.2) is 41.3 Å². The van der Waals surface area contributed by atoms with Crippen LogP contribution in [0.4, 0.5) is 8.78 Å². The Balaban J connectivity index is 1.83. The van der Waals surface area contributed by atoms with Gasteiger partial charge in [0.25, 0.3) is 0 Å². The Morgan fingerprint density at radius 3 is 2.34 bits per heavy atom. The summed E-state index contributed by atoms with van der Waals surface area (Å²) in [5.41, 5.74) is 4.89. The molecule has 208 valence electrons. The average molecular weight is 592 g/mol. The van der Waals surface area contributed by atoms with Crippen LogP contribution in [0.1, 0.15) is 32.3 Å². The van der Waals surface area contributed by atoms with Gasteiger partial charge in [-0.25, -0.2) is 25.6 Å². The summed E-state index contributed by atoms with van der Waals surface area (Å²) in [4.78, 5) is 11.7. The molecule has 0 spiro atoms. The summed E-state index contributed by atoms with van der Waals surface area (Å²) in [6.07, 6.45) is -1.47. The van der Waals surface area contributed by atoms with E-state index in [4.69, 9.17) is 26.8 Å². The van der Waals surface area contributed by atoms with Gasteiger partial charge < -0.3 is 15.2 Å². The van der Waals surface area contributed by atoms with E-state index in [1.807, 2.05) is 0 Å². The maximum Gasteiger partial charge on any atom is 0.236 e. The van der Waals surface area contributed by atoms with Crippen molar-refractivity contribution in [1.29, 1.82) is 0 Å². The van der Waals surface area contributed by atoms with Gasteiger partial charge in [0.05, 0.1) is 28.9 Å². The van der Waals surface area contributed by atoms with Gasteiger partial charge >= 0.3 is 0 Å². The fraction of sp³-hybridized carbons (Fsp3) is 0.480. The molecule has 0 saturated carbocycles. The fourth-order valence-electron chi connectivity index (χ4n) is 5.66. The summed E-state index contributed by atoms with van der Waals surface area (Å²) in [7, 11) is -8.47. The number of carbonyl (C=O) groups is 1. The average Bonchev–Trinajstić information content (AvgIpc) is 2.83. The van der Waals surface area contributed by atoms with Crippen molar-refractivity contribution >= 4 is 37.2 Å². The van der Waals surface area contributed by atoms with Gasteiger partial charge in [-0.3, -0.25) is 4.79 Å². The minimum atomic E-state index is -4.43. The van der Waals surface area contributed by atoms with Gasteiger partial charge in [-0.2, -0.15) is 0 Å². The van der Waals surface area contributed by atoms with E-state index in [1.165, 1.54) is 24.3 Å². The van der Waals surface area contributed by atoms with Crippen molar-refractivity contribution in [2.75, 3.05) is 19.0 Å². The van der Waals surface area contributed by atoms with Crippen LogP contribution in [-0.2, 0) is 34.0 Å². The molecule has 2 aliphatic rings. The van der Waals surface area contributed by atoms with Crippen molar-refractivity contribution in [1.82, 2.24) is 0 Å². The lowest BCUT2D eigenvalue weighted by molar-refractivity contribution is -0.118.